The van der Waals surface area contributed by atoms with Crippen molar-refractivity contribution in [3.63, 3.8) is 0 Å². The van der Waals surface area contributed by atoms with Crippen molar-refractivity contribution in [3.8, 4) is 0 Å². The molecule has 1 fully saturated rings. The van der Waals surface area contributed by atoms with Crippen LogP contribution in [0.5, 0.6) is 0 Å². The lowest BCUT2D eigenvalue weighted by Crippen LogP contribution is -2.24. The molecule has 0 amide bonds. The van der Waals surface area contributed by atoms with Gasteiger partial charge in [0.1, 0.15) is 0 Å². The summed E-state index contributed by atoms with van der Waals surface area (Å²) >= 11 is 0. The predicted molar refractivity (Wildman–Crippen MR) is 71.8 cm³/mol. The van der Waals surface area contributed by atoms with Gasteiger partial charge in [-0.05, 0) is 57.5 Å². The first kappa shape index (κ1) is 14.0. The zero-order chi connectivity index (χ0) is 11.8. The maximum absolute atomic E-state index is 3.58. The summed E-state index contributed by atoms with van der Waals surface area (Å²) in [6, 6.07) is 1.52. The van der Waals surface area contributed by atoms with Crippen LogP contribution in [0.4, 0.5) is 0 Å². The van der Waals surface area contributed by atoms with Gasteiger partial charge in [-0.3, -0.25) is 0 Å². The van der Waals surface area contributed by atoms with Crippen LogP contribution in [0, 0.1) is 5.92 Å². The normalized spacial score (nSPS) is 18.0. The molecule has 1 aliphatic rings. The van der Waals surface area contributed by atoms with Crippen molar-refractivity contribution in [3.05, 3.63) is 0 Å². The molecule has 1 saturated carbocycles. The van der Waals surface area contributed by atoms with Crippen molar-refractivity contribution in [2.45, 2.75) is 71.4 Å². The fraction of sp³-hybridized carbons (Fsp3) is 1.00. The lowest BCUT2D eigenvalue weighted by molar-refractivity contribution is 0.435. The highest BCUT2D eigenvalue weighted by Gasteiger charge is 2.19. The molecule has 0 aromatic heterocycles. The first-order chi connectivity index (χ1) is 7.68. The largest absolute Gasteiger partial charge is 0.315 e. The van der Waals surface area contributed by atoms with Gasteiger partial charge < -0.3 is 10.6 Å². The van der Waals surface area contributed by atoms with Crippen molar-refractivity contribution in [2.24, 2.45) is 5.92 Å². The molecule has 1 atom stereocenters. The van der Waals surface area contributed by atoms with Gasteiger partial charge in [0.05, 0.1) is 0 Å². The maximum atomic E-state index is 3.58. The smallest absolute Gasteiger partial charge is 0.00682 e. The third-order valence-corrected chi connectivity index (χ3v) is 3.31. The average Bonchev–Trinajstić information content (AvgIpc) is 3.03. The van der Waals surface area contributed by atoms with E-state index in [1.165, 1.54) is 51.6 Å². The van der Waals surface area contributed by atoms with Crippen molar-refractivity contribution < 1.29 is 0 Å². The molecule has 0 aliphatic heterocycles. The molecule has 1 unspecified atom stereocenters. The summed E-state index contributed by atoms with van der Waals surface area (Å²) in [5.41, 5.74) is 0. The Hall–Kier alpha value is -0.0800. The van der Waals surface area contributed by atoms with Gasteiger partial charge in [-0.25, -0.2) is 0 Å². The van der Waals surface area contributed by atoms with E-state index in [1.54, 1.807) is 0 Å². The molecule has 0 spiro atoms. The second kappa shape index (κ2) is 8.08. The number of rotatable bonds is 10. The summed E-state index contributed by atoms with van der Waals surface area (Å²) in [4.78, 5) is 0. The Kier molecular flexibility index (Phi) is 7.06. The van der Waals surface area contributed by atoms with Crippen molar-refractivity contribution in [2.75, 3.05) is 13.1 Å². The van der Waals surface area contributed by atoms with Crippen molar-refractivity contribution >= 4 is 0 Å². The highest BCUT2D eigenvalue weighted by atomic mass is 14.9. The number of hydrogen-bond acceptors (Lipinski definition) is 2. The van der Waals surface area contributed by atoms with E-state index >= 15 is 0 Å². The molecule has 0 bridgehead atoms. The van der Waals surface area contributed by atoms with E-state index in [0.29, 0.717) is 6.04 Å². The van der Waals surface area contributed by atoms with E-state index in [0.717, 1.165) is 12.0 Å². The molecule has 2 heteroatoms. The van der Waals surface area contributed by atoms with E-state index < -0.39 is 0 Å². The fourth-order valence-corrected chi connectivity index (χ4v) is 2.03. The summed E-state index contributed by atoms with van der Waals surface area (Å²) in [6.07, 6.45) is 8.28. The lowest BCUT2D eigenvalue weighted by Gasteiger charge is -2.13. The zero-order valence-corrected chi connectivity index (χ0v) is 11.4. The number of hydrogen-bond donors (Lipinski definition) is 2. The maximum Gasteiger partial charge on any atom is 0.00682 e. The van der Waals surface area contributed by atoms with Crippen LogP contribution in [0.2, 0.25) is 0 Å². The highest BCUT2D eigenvalue weighted by Crippen LogP contribution is 2.19. The molecule has 2 N–H and O–H groups in total. The van der Waals surface area contributed by atoms with Crippen molar-refractivity contribution in [1.29, 1.82) is 0 Å². The summed E-state index contributed by atoms with van der Waals surface area (Å²) in [5, 5.41) is 7.06. The summed E-state index contributed by atoms with van der Waals surface area (Å²) in [5.74, 6) is 0.898. The zero-order valence-electron chi connectivity index (χ0n) is 11.4. The fourth-order valence-electron chi connectivity index (χ4n) is 2.03. The highest BCUT2D eigenvalue weighted by molar-refractivity contribution is 4.80. The van der Waals surface area contributed by atoms with Gasteiger partial charge in [0.15, 0.2) is 0 Å². The van der Waals surface area contributed by atoms with Crippen LogP contribution in [0.15, 0.2) is 0 Å². The molecule has 2 nitrogen and oxygen atoms in total. The van der Waals surface area contributed by atoms with E-state index in [4.69, 9.17) is 0 Å². The van der Waals surface area contributed by atoms with Crippen LogP contribution in [0.1, 0.15) is 59.3 Å². The molecule has 1 aliphatic carbocycles. The molecule has 96 valence electrons. The minimum absolute atomic E-state index is 0.637. The molecule has 0 aromatic rings. The van der Waals surface area contributed by atoms with E-state index in [1.807, 2.05) is 0 Å². The first-order valence-corrected chi connectivity index (χ1v) is 7.15. The lowest BCUT2D eigenvalue weighted by atomic mass is 10.00. The molecule has 16 heavy (non-hydrogen) atoms. The van der Waals surface area contributed by atoms with E-state index in [9.17, 15) is 0 Å². The minimum Gasteiger partial charge on any atom is -0.315 e. The van der Waals surface area contributed by atoms with E-state index in [-0.39, 0.29) is 0 Å². The van der Waals surface area contributed by atoms with Gasteiger partial charge in [0, 0.05) is 12.1 Å². The van der Waals surface area contributed by atoms with Gasteiger partial charge in [0.25, 0.3) is 0 Å². The molecule has 0 saturated heterocycles. The van der Waals surface area contributed by atoms with Gasteiger partial charge in [-0.15, -0.1) is 0 Å². The van der Waals surface area contributed by atoms with Gasteiger partial charge in [0.2, 0.25) is 0 Å². The van der Waals surface area contributed by atoms with Crippen LogP contribution in [-0.2, 0) is 0 Å². The second-order valence-electron chi connectivity index (χ2n) is 5.73. The van der Waals surface area contributed by atoms with Crippen LogP contribution in [0.3, 0.4) is 0 Å². The van der Waals surface area contributed by atoms with E-state index in [2.05, 4.69) is 31.4 Å². The Morgan fingerprint density at radius 3 is 2.19 bits per heavy atom. The molecule has 0 heterocycles. The van der Waals surface area contributed by atoms with Crippen LogP contribution in [-0.4, -0.2) is 25.2 Å². The first-order valence-electron chi connectivity index (χ1n) is 7.15. The Balaban J connectivity index is 1.79. The van der Waals surface area contributed by atoms with Gasteiger partial charge in [-0.1, -0.05) is 20.8 Å². The van der Waals surface area contributed by atoms with Crippen LogP contribution in [0.25, 0.3) is 0 Å². The minimum atomic E-state index is 0.637. The topological polar surface area (TPSA) is 24.1 Å². The average molecular weight is 226 g/mol. The number of nitrogens with one attached hydrogen (secondary N) is 2. The molecule has 0 radical (unpaired) electrons. The Morgan fingerprint density at radius 1 is 1.00 bits per heavy atom. The molecule has 1 rings (SSSR count). The SMILES string of the molecule is CC(CCCNC(C)C)CCCNC1CC1. The van der Waals surface area contributed by atoms with Crippen molar-refractivity contribution in [1.82, 2.24) is 10.6 Å². The summed E-state index contributed by atoms with van der Waals surface area (Å²) in [6.45, 7) is 9.24. The molecular formula is C14H30N2. The predicted octanol–water partition coefficient (Wildman–Crippen LogP) is 2.93. The second-order valence-corrected chi connectivity index (χ2v) is 5.73. The van der Waals surface area contributed by atoms with Gasteiger partial charge >= 0.3 is 0 Å². The third kappa shape index (κ3) is 8.12. The molecule has 0 aromatic carbocycles. The molecular weight excluding hydrogens is 196 g/mol. The van der Waals surface area contributed by atoms with Gasteiger partial charge in [-0.2, -0.15) is 0 Å². The Morgan fingerprint density at radius 2 is 1.62 bits per heavy atom. The third-order valence-electron chi connectivity index (χ3n) is 3.31. The van der Waals surface area contributed by atoms with Crippen LogP contribution < -0.4 is 10.6 Å². The Bertz CT molecular complexity index is 154. The summed E-state index contributed by atoms with van der Waals surface area (Å²) in [7, 11) is 0. The van der Waals surface area contributed by atoms with Crippen LogP contribution >= 0.6 is 0 Å². The summed E-state index contributed by atoms with van der Waals surface area (Å²) < 4.78 is 0. The monoisotopic (exact) mass is 226 g/mol. The standard InChI is InChI=1S/C14H30N2/c1-12(2)15-10-4-6-13(3)7-5-11-16-14-8-9-14/h12-16H,4-11H2,1-3H3. The Labute approximate surface area is 102 Å². The quantitative estimate of drug-likeness (QED) is 0.560.